The molecule has 4 bridgehead atoms. The van der Waals surface area contributed by atoms with Crippen LogP contribution in [-0.4, -0.2) is 21.4 Å². The van der Waals surface area contributed by atoms with Crippen LogP contribution >= 0.6 is 0 Å². The van der Waals surface area contributed by atoms with Crippen LogP contribution < -0.4 is 0 Å². The largest absolute Gasteiger partial charge is 0.255 e. The van der Waals surface area contributed by atoms with Crippen molar-refractivity contribution in [3.05, 3.63) is 95.6 Å². The minimum Gasteiger partial charge on any atom is -0.255 e. The minimum atomic E-state index is 0.400. The molecule has 5 aliphatic rings. The lowest BCUT2D eigenvalue weighted by Gasteiger charge is -2.45. The zero-order valence-corrected chi connectivity index (χ0v) is 17.8. The first-order valence-corrected chi connectivity index (χ1v) is 12.0. The van der Waals surface area contributed by atoms with Crippen molar-refractivity contribution in [3.8, 4) is 0 Å². The fourth-order valence-corrected chi connectivity index (χ4v) is 8.54. The number of fused-ring (bicyclic) bond motifs is 15. The Bertz CT molecular complexity index is 1180. The predicted octanol–water partition coefficient (Wildman–Crippen LogP) is 5.08. The molecule has 3 heterocycles. The molecule has 1 aliphatic heterocycles. The van der Waals surface area contributed by atoms with E-state index in [2.05, 4.69) is 48.5 Å². The molecule has 3 fully saturated rings. The molecule has 3 saturated carbocycles. The average molecular weight is 417 g/mol. The van der Waals surface area contributed by atoms with Crippen LogP contribution in [-0.2, 0) is 0 Å². The van der Waals surface area contributed by atoms with Crippen LogP contribution in [0, 0.1) is 35.5 Å². The molecule has 1 aromatic carbocycles. The molecule has 4 nitrogen and oxygen atoms in total. The topological polar surface area (TPSA) is 50.5 Å². The third-order valence-electron chi connectivity index (χ3n) is 9.27. The van der Waals surface area contributed by atoms with E-state index in [1.54, 1.807) is 11.1 Å². The zero-order chi connectivity index (χ0) is 20.8. The van der Waals surface area contributed by atoms with Crippen molar-refractivity contribution in [1.29, 1.82) is 0 Å². The van der Waals surface area contributed by atoms with Gasteiger partial charge in [0.05, 0.1) is 22.8 Å². The molecular weight excluding hydrogens is 392 g/mol. The predicted molar refractivity (Wildman–Crippen MR) is 124 cm³/mol. The van der Waals surface area contributed by atoms with Crippen molar-refractivity contribution >= 4 is 11.4 Å². The summed E-state index contributed by atoms with van der Waals surface area (Å²) in [7, 11) is 0. The molecule has 4 aliphatic carbocycles. The molecule has 32 heavy (non-hydrogen) atoms. The summed E-state index contributed by atoms with van der Waals surface area (Å²) in [6, 6.07) is 21.6. The number of benzene rings is 1. The lowest BCUT2D eigenvalue weighted by Crippen LogP contribution is -2.46. The van der Waals surface area contributed by atoms with Crippen LogP contribution in [0.4, 0.5) is 0 Å². The third kappa shape index (κ3) is 2.08. The van der Waals surface area contributed by atoms with Crippen LogP contribution in [0.1, 0.15) is 47.2 Å². The van der Waals surface area contributed by atoms with Gasteiger partial charge in [-0.25, -0.2) is 0 Å². The van der Waals surface area contributed by atoms with Crippen LogP contribution in [0.5, 0.6) is 0 Å². The summed E-state index contributed by atoms with van der Waals surface area (Å²) >= 11 is 0. The summed E-state index contributed by atoms with van der Waals surface area (Å²) < 4.78 is 0. The molecule has 0 N–H and O–H groups in total. The number of hydrogen-bond donors (Lipinski definition) is 0. The smallest absolute Gasteiger partial charge is 0.0927 e. The lowest BCUT2D eigenvalue weighted by molar-refractivity contribution is 0.162. The van der Waals surface area contributed by atoms with Crippen LogP contribution in [0.2, 0.25) is 0 Å². The number of hydrogen-bond acceptors (Lipinski definition) is 4. The Morgan fingerprint density at radius 1 is 0.562 bits per heavy atom. The fraction of sp³-hybridized carbons (Fsp3) is 0.357. The summed E-state index contributed by atoms with van der Waals surface area (Å²) in [4.78, 5) is 9.40. The number of pyridine rings is 2. The second-order valence-corrected chi connectivity index (χ2v) is 10.2. The van der Waals surface area contributed by atoms with Gasteiger partial charge in [-0.05, 0) is 83.7 Å². The number of nitrogens with zero attached hydrogens (tertiary/aromatic N) is 4. The van der Waals surface area contributed by atoms with Crippen molar-refractivity contribution < 1.29 is 0 Å². The SMILES string of the molecule is c1ccc(C2=NN=C(c3ccccn3)[C@H]3[C@H]4C[C@@H]([C@@H]23)[C@@H]2[C@H]4[C@H]3C[C@@H]2c2ccccc23)nc1. The molecule has 156 valence electrons. The van der Waals surface area contributed by atoms with Gasteiger partial charge >= 0.3 is 0 Å². The first-order valence-electron chi connectivity index (χ1n) is 12.0. The van der Waals surface area contributed by atoms with E-state index in [9.17, 15) is 0 Å². The normalized spacial score (nSPS) is 37.5. The third-order valence-corrected chi connectivity index (χ3v) is 9.27. The molecule has 0 unspecified atom stereocenters. The van der Waals surface area contributed by atoms with E-state index in [0.717, 1.165) is 46.5 Å². The molecule has 0 spiro atoms. The maximum atomic E-state index is 4.84. The molecule has 8 rings (SSSR count). The van der Waals surface area contributed by atoms with Crippen LogP contribution in [0.15, 0.2) is 83.3 Å². The quantitative estimate of drug-likeness (QED) is 0.547. The van der Waals surface area contributed by atoms with Crippen molar-refractivity contribution in [3.63, 3.8) is 0 Å². The highest BCUT2D eigenvalue weighted by molar-refractivity contribution is 6.11. The van der Waals surface area contributed by atoms with Gasteiger partial charge in [0.1, 0.15) is 0 Å². The van der Waals surface area contributed by atoms with Gasteiger partial charge in [-0.2, -0.15) is 10.2 Å². The van der Waals surface area contributed by atoms with Gasteiger partial charge in [0.15, 0.2) is 0 Å². The highest BCUT2D eigenvalue weighted by atomic mass is 15.2. The maximum Gasteiger partial charge on any atom is 0.0927 e. The Balaban J connectivity index is 1.29. The second kappa shape index (κ2) is 6.22. The Kier molecular flexibility index (Phi) is 3.38. The summed E-state index contributed by atoms with van der Waals surface area (Å²) in [5.74, 6) is 5.12. The average Bonchev–Trinajstić information content (AvgIpc) is 3.62. The van der Waals surface area contributed by atoms with Crippen molar-refractivity contribution in [1.82, 2.24) is 9.97 Å². The Morgan fingerprint density at radius 2 is 1.06 bits per heavy atom. The monoisotopic (exact) mass is 416 g/mol. The van der Waals surface area contributed by atoms with Gasteiger partial charge in [-0.3, -0.25) is 9.97 Å². The molecule has 4 heteroatoms. The number of aromatic nitrogens is 2. The molecule has 0 saturated heterocycles. The maximum absolute atomic E-state index is 4.84. The summed E-state index contributed by atoms with van der Waals surface area (Å²) in [6.45, 7) is 0. The zero-order valence-electron chi connectivity index (χ0n) is 17.8. The van der Waals surface area contributed by atoms with E-state index in [1.807, 2.05) is 24.5 Å². The van der Waals surface area contributed by atoms with E-state index in [0.29, 0.717) is 23.7 Å². The summed E-state index contributed by atoms with van der Waals surface area (Å²) in [5, 5.41) is 9.68. The van der Waals surface area contributed by atoms with Gasteiger partial charge in [0.25, 0.3) is 0 Å². The Labute approximate surface area is 187 Å². The van der Waals surface area contributed by atoms with Gasteiger partial charge in [0, 0.05) is 24.2 Å². The molecule has 2 aromatic heterocycles. The molecular formula is C28H24N4. The van der Waals surface area contributed by atoms with Crippen molar-refractivity contribution in [2.75, 3.05) is 0 Å². The first-order chi connectivity index (χ1) is 15.9. The molecule has 0 amide bonds. The summed E-state index contributed by atoms with van der Waals surface area (Å²) in [6.07, 6.45) is 6.40. The van der Waals surface area contributed by atoms with Crippen LogP contribution in [0.3, 0.4) is 0 Å². The van der Waals surface area contributed by atoms with Crippen molar-refractivity contribution in [2.45, 2.75) is 24.7 Å². The lowest BCUT2D eigenvalue weighted by atomic mass is 9.59. The molecule has 0 radical (unpaired) electrons. The highest BCUT2D eigenvalue weighted by Crippen LogP contribution is 2.74. The second-order valence-electron chi connectivity index (χ2n) is 10.2. The van der Waals surface area contributed by atoms with Gasteiger partial charge in [-0.1, -0.05) is 36.4 Å². The van der Waals surface area contributed by atoms with E-state index in [1.165, 1.54) is 12.8 Å². The van der Waals surface area contributed by atoms with Gasteiger partial charge in [0.2, 0.25) is 0 Å². The van der Waals surface area contributed by atoms with Crippen LogP contribution in [0.25, 0.3) is 0 Å². The standard InChI is InChI=1S/C28H24N4/c1-2-8-16-15(7-1)17-13-18(16)24-20-14-19(23(17)24)25-26(20)28(22-10-4-6-12-30-22)32-31-27(25)21-9-3-5-11-29-21/h1-12,17-20,23-26H,13-14H2/t17-,18+,19-,20+,23-,24+,25-,26+. The number of rotatable bonds is 2. The van der Waals surface area contributed by atoms with E-state index >= 15 is 0 Å². The van der Waals surface area contributed by atoms with Gasteiger partial charge < -0.3 is 0 Å². The fourth-order valence-electron chi connectivity index (χ4n) is 8.54. The van der Waals surface area contributed by atoms with Gasteiger partial charge in [-0.15, -0.1) is 0 Å². The van der Waals surface area contributed by atoms with Crippen molar-refractivity contribution in [2.24, 2.45) is 45.7 Å². The minimum absolute atomic E-state index is 0.400. The first kappa shape index (κ1) is 17.4. The molecule has 8 atom stereocenters. The molecule has 3 aromatic rings. The Morgan fingerprint density at radius 3 is 1.53 bits per heavy atom. The highest BCUT2D eigenvalue weighted by Gasteiger charge is 2.69. The Hall–Kier alpha value is -3.14. The van der Waals surface area contributed by atoms with E-state index in [-0.39, 0.29) is 0 Å². The van der Waals surface area contributed by atoms with E-state index < -0.39 is 0 Å². The van der Waals surface area contributed by atoms with E-state index in [4.69, 9.17) is 20.2 Å². The summed E-state index contributed by atoms with van der Waals surface area (Å²) in [5.41, 5.74) is 7.48.